The van der Waals surface area contributed by atoms with Gasteiger partial charge >= 0.3 is 5.97 Å². The van der Waals surface area contributed by atoms with Crippen molar-refractivity contribution >= 4 is 28.6 Å². The van der Waals surface area contributed by atoms with Crippen molar-refractivity contribution in [3.05, 3.63) is 22.3 Å². The summed E-state index contributed by atoms with van der Waals surface area (Å²) in [5.41, 5.74) is 2.44. The van der Waals surface area contributed by atoms with Crippen molar-refractivity contribution in [1.29, 1.82) is 0 Å². The Bertz CT molecular complexity index is 476. The zero-order valence-electron chi connectivity index (χ0n) is 8.18. The molecule has 0 spiro atoms. The quantitative estimate of drug-likeness (QED) is 0.756. The molecule has 2 rings (SSSR count). The number of hydrogen-bond acceptors (Lipinski definition) is 6. The second-order valence-corrected chi connectivity index (χ2v) is 4.68. The van der Waals surface area contributed by atoms with Crippen LogP contribution < -0.4 is 0 Å². The van der Waals surface area contributed by atoms with Crippen molar-refractivity contribution < 1.29 is 9.53 Å². The van der Waals surface area contributed by atoms with Gasteiger partial charge in [-0.3, -0.25) is 4.98 Å². The molecule has 0 N–H and O–H groups in total. The van der Waals surface area contributed by atoms with E-state index in [0.29, 0.717) is 10.6 Å². The van der Waals surface area contributed by atoms with Crippen molar-refractivity contribution in [2.75, 3.05) is 7.11 Å². The molecule has 2 aromatic heterocycles. The van der Waals surface area contributed by atoms with Crippen molar-refractivity contribution in [2.24, 2.45) is 0 Å². The highest BCUT2D eigenvalue weighted by Crippen LogP contribution is 2.30. The van der Waals surface area contributed by atoms with E-state index in [0.717, 1.165) is 9.88 Å². The Morgan fingerprint density at radius 3 is 2.93 bits per heavy atom. The molecule has 2 aromatic rings. The number of hydrogen-bond donors (Lipinski definition) is 0. The molecule has 0 radical (unpaired) electrons. The number of rotatable bonds is 2. The van der Waals surface area contributed by atoms with Gasteiger partial charge in [-0.05, 0) is 6.92 Å². The third-order valence-corrected chi connectivity index (χ3v) is 3.89. The average molecular weight is 240 g/mol. The maximum atomic E-state index is 11.4. The van der Waals surface area contributed by atoms with Crippen LogP contribution in [-0.2, 0) is 4.74 Å². The third kappa shape index (κ3) is 1.91. The number of methoxy groups -OCH3 is 1. The molecule has 0 unspecified atom stereocenters. The van der Waals surface area contributed by atoms with E-state index in [1.54, 1.807) is 18.6 Å². The summed E-state index contributed by atoms with van der Waals surface area (Å²) in [6.07, 6.45) is 1.74. The van der Waals surface area contributed by atoms with Gasteiger partial charge in [0.1, 0.15) is 9.88 Å². The van der Waals surface area contributed by atoms with Crippen LogP contribution in [0.25, 0.3) is 9.88 Å². The third-order valence-electron chi connectivity index (χ3n) is 1.81. The zero-order chi connectivity index (χ0) is 10.8. The van der Waals surface area contributed by atoms with E-state index >= 15 is 0 Å². The average Bonchev–Trinajstić information content (AvgIpc) is 2.84. The van der Waals surface area contributed by atoms with E-state index < -0.39 is 0 Å². The van der Waals surface area contributed by atoms with Gasteiger partial charge in [-0.25, -0.2) is 9.78 Å². The normalized spacial score (nSPS) is 10.3. The van der Waals surface area contributed by atoms with Crippen LogP contribution in [0.4, 0.5) is 0 Å². The molecule has 4 nitrogen and oxygen atoms in total. The molecule has 0 amide bonds. The minimum absolute atomic E-state index is 0.333. The summed E-state index contributed by atoms with van der Waals surface area (Å²) in [5.74, 6) is -0.333. The number of esters is 1. The van der Waals surface area contributed by atoms with Gasteiger partial charge in [0.2, 0.25) is 0 Å². The zero-order valence-corrected chi connectivity index (χ0v) is 9.82. The van der Waals surface area contributed by atoms with Crippen LogP contribution in [0.2, 0.25) is 0 Å². The molecule has 2 heterocycles. The molecular formula is C9H8N2O2S2. The van der Waals surface area contributed by atoms with E-state index in [4.69, 9.17) is 0 Å². The maximum absolute atomic E-state index is 11.4. The van der Waals surface area contributed by atoms with Gasteiger partial charge in [0.05, 0.1) is 23.2 Å². The van der Waals surface area contributed by atoms with E-state index in [2.05, 4.69) is 14.7 Å². The Kier molecular flexibility index (Phi) is 2.79. The van der Waals surface area contributed by atoms with E-state index in [-0.39, 0.29) is 5.97 Å². The van der Waals surface area contributed by atoms with Crippen LogP contribution in [0.3, 0.4) is 0 Å². The van der Waals surface area contributed by atoms with Crippen molar-refractivity contribution in [1.82, 2.24) is 9.97 Å². The number of carbonyl (C=O) groups excluding carboxylic acids is 1. The van der Waals surface area contributed by atoms with Crippen LogP contribution in [0, 0.1) is 6.92 Å². The number of aryl methyl sites for hydroxylation is 1. The van der Waals surface area contributed by atoms with Gasteiger partial charge < -0.3 is 4.74 Å². The summed E-state index contributed by atoms with van der Waals surface area (Å²) < 4.78 is 4.67. The highest BCUT2D eigenvalue weighted by Gasteiger charge is 2.16. The number of nitrogens with zero attached hydrogens (tertiary/aromatic N) is 2. The fourth-order valence-electron chi connectivity index (χ4n) is 1.11. The topological polar surface area (TPSA) is 52.1 Å². The minimum atomic E-state index is -0.333. The smallest absolute Gasteiger partial charge is 0.349 e. The SMILES string of the molecule is COC(=O)c1sc(-c2cncs2)nc1C. The van der Waals surface area contributed by atoms with E-state index in [1.807, 2.05) is 0 Å². The first-order valence-corrected chi connectivity index (χ1v) is 5.86. The second kappa shape index (κ2) is 4.08. The Labute approximate surface area is 94.6 Å². The van der Waals surface area contributed by atoms with Crippen LogP contribution in [0.1, 0.15) is 15.4 Å². The van der Waals surface area contributed by atoms with Crippen LogP contribution in [0.5, 0.6) is 0 Å². The lowest BCUT2D eigenvalue weighted by atomic mass is 10.4. The molecule has 0 atom stereocenters. The molecule has 6 heteroatoms. The predicted molar refractivity (Wildman–Crippen MR) is 59.3 cm³/mol. The standard InChI is InChI=1S/C9H8N2O2S2/c1-5-7(9(12)13-2)15-8(11-5)6-3-10-4-14-6/h3-4H,1-2H3. The molecule has 0 aliphatic carbocycles. The molecule has 0 aliphatic heterocycles. The fourth-order valence-corrected chi connectivity index (χ4v) is 2.77. The minimum Gasteiger partial charge on any atom is -0.465 e. The largest absolute Gasteiger partial charge is 0.465 e. The first-order valence-electron chi connectivity index (χ1n) is 4.17. The molecule has 0 bridgehead atoms. The van der Waals surface area contributed by atoms with Crippen LogP contribution in [-0.4, -0.2) is 23.0 Å². The first kappa shape index (κ1) is 10.3. The summed E-state index contributed by atoms with van der Waals surface area (Å²) in [7, 11) is 1.37. The molecule has 0 saturated carbocycles. The molecule has 0 saturated heterocycles. The summed E-state index contributed by atoms with van der Waals surface area (Å²) in [6.45, 7) is 1.80. The number of thiazole rings is 2. The molecule has 15 heavy (non-hydrogen) atoms. The van der Waals surface area contributed by atoms with Crippen molar-refractivity contribution in [3.8, 4) is 9.88 Å². The molecule has 0 fully saturated rings. The molecule has 0 aromatic carbocycles. The van der Waals surface area contributed by atoms with Crippen molar-refractivity contribution in [3.63, 3.8) is 0 Å². The van der Waals surface area contributed by atoms with Gasteiger partial charge in [0.15, 0.2) is 0 Å². The lowest BCUT2D eigenvalue weighted by Gasteiger charge is -1.93. The lowest BCUT2D eigenvalue weighted by Crippen LogP contribution is -1.99. The fraction of sp³-hybridized carbons (Fsp3) is 0.222. The van der Waals surface area contributed by atoms with E-state index in [1.165, 1.54) is 29.8 Å². The van der Waals surface area contributed by atoms with E-state index in [9.17, 15) is 4.79 Å². The highest BCUT2D eigenvalue weighted by molar-refractivity contribution is 7.21. The summed E-state index contributed by atoms with van der Waals surface area (Å²) >= 11 is 2.84. The predicted octanol–water partition coefficient (Wildman–Crippen LogP) is 2.36. The molecule has 78 valence electrons. The van der Waals surface area contributed by atoms with Gasteiger partial charge in [-0.2, -0.15) is 0 Å². The summed E-state index contributed by atoms with van der Waals surface area (Å²) in [4.78, 5) is 21.2. The Morgan fingerprint density at radius 1 is 1.53 bits per heavy atom. The summed E-state index contributed by atoms with van der Waals surface area (Å²) in [5, 5.41) is 0.815. The molecule has 0 aliphatic rings. The Balaban J connectivity index is 2.41. The highest BCUT2D eigenvalue weighted by atomic mass is 32.1. The number of carbonyl (C=O) groups is 1. The van der Waals surface area contributed by atoms with Gasteiger partial charge in [0, 0.05) is 6.20 Å². The monoisotopic (exact) mass is 240 g/mol. The Hall–Kier alpha value is -1.27. The number of aromatic nitrogens is 2. The number of ether oxygens (including phenoxy) is 1. The Morgan fingerprint density at radius 2 is 2.33 bits per heavy atom. The second-order valence-electron chi connectivity index (χ2n) is 2.79. The first-order chi connectivity index (χ1) is 7.22. The lowest BCUT2D eigenvalue weighted by molar-refractivity contribution is 0.0605. The van der Waals surface area contributed by atoms with Gasteiger partial charge in [-0.15, -0.1) is 22.7 Å². The van der Waals surface area contributed by atoms with Crippen LogP contribution in [0.15, 0.2) is 11.7 Å². The van der Waals surface area contributed by atoms with Gasteiger partial charge in [0.25, 0.3) is 0 Å². The maximum Gasteiger partial charge on any atom is 0.349 e. The van der Waals surface area contributed by atoms with Crippen molar-refractivity contribution in [2.45, 2.75) is 6.92 Å². The molecular weight excluding hydrogens is 232 g/mol. The van der Waals surface area contributed by atoms with Gasteiger partial charge in [-0.1, -0.05) is 0 Å². The summed E-state index contributed by atoms with van der Waals surface area (Å²) in [6, 6.07) is 0. The van der Waals surface area contributed by atoms with Crippen LogP contribution >= 0.6 is 22.7 Å².